The first-order valence-electron chi connectivity index (χ1n) is 13.7. The minimum atomic E-state index is -1.97. The molecule has 6 atom stereocenters. The van der Waals surface area contributed by atoms with Crippen LogP contribution in [0.15, 0.2) is 18.2 Å². The zero-order valence-corrected chi connectivity index (χ0v) is 24.2. The lowest BCUT2D eigenvalue weighted by molar-refractivity contribution is -0.247. The monoisotopic (exact) mass is 599 g/mol. The number of rotatable bonds is 7. The highest BCUT2D eigenvalue weighted by Gasteiger charge is 2.49. The summed E-state index contributed by atoms with van der Waals surface area (Å²) in [6.07, 6.45) is -4.19. The molecule has 0 saturated carbocycles. The van der Waals surface area contributed by atoms with Gasteiger partial charge < -0.3 is 40.4 Å². The highest BCUT2D eigenvalue weighted by atomic mass is 32.1. The fraction of sp³-hybridized carbons (Fsp3) is 0.467. The Morgan fingerprint density at radius 2 is 1.90 bits per heavy atom. The molecule has 6 N–H and O–H groups in total. The Morgan fingerprint density at radius 3 is 2.55 bits per heavy atom. The molecule has 0 radical (unpaired) electrons. The molecule has 1 aliphatic heterocycles. The molecular weight excluding hydrogens is 566 g/mol. The molecule has 0 bridgehead atoms. The number of thiocarbonyl (C=S) groups is 1. The molecule has 2 aliphatic carbocycles. The van der Waals surface area contributed by atoms with Gasteiger partial charge in [-0.1, -0.05) is 31.3 Å². The Bertz CT molecular complexity index is 1490. The van der Waals surface area contributed by atoms with Crippen molar-refractivity contribution in [3.05, 3.63) is 51.6 Å². The standard InChI is InChI=1S/C30H33NO10S/c1-4-14(33)11-39-18-7-5-6-15-21(18)27(36)23-24(29(15)42)26(35)16-9-30(38,13(3)32)10-19(22(16)28(23)37)41-20-8-17(31)25(34)12(2)40-20/h5-7,12,17,19-20,25,34-35,37-38H,4,8-11,31H2,1-3H3/t12?,17?,19-,20?,25?,30-/m0/s1. The summed E-state index contributed by atoms with van der Waals surface area (Å²) in [5.41, 5.74) is 4.00. The number of ether oxygens (including phenoxy) is 3. The van der Waals surface area contributed by atoms with Crippen LogP contribution in [-0.2, 0) is 25.5 Å². The van der Waals surface area contributed by atoms with Crippen molar-refractivity contribution >= 4 is 34.4 Å². The highest BCUT2D eigenvalue weighted by Crippen LogP contribution is 2.52. The third-order valence-electron chi connectivity index (χ3n) is 8.36. The van der Waals surface area contributed by atoms with Gasteiger partial charge in [0.05, 0.1) is 39.9 Å². The normalized spacial score (nSPS) is 28.5. The van der Waals surface area contributed by atoms with Gasteiger partial charge in [-0.25, -0.2) is 0 Å². The number of ketones is 3. The van der Waals surface area contributed by atoms with Crippen molar-refractivity contribution in [3.63, 3.8) is 0 Å². The summed E-state index contributed by atoms with van der Waals surface area (Å²) >= 11 is 5.68. The molecule has 1 fully saturated rings. The van der Waals surface area contributed by atoms with Gasteiger partial charge >= 0.3 is 0 Å². The molecule has 224 valence electrons. The number of benzene rings is 2. The second-order valence-corrected chi connectivity index (χ2v) is 11.5. The number of phenolic OH excluding ortho intramolecular Hbond substituents is 2. The van der Waals surface area contributed by atoms with Gasteiger partial charge in [-0.05, 0) is 19.9 Å². The molecule has 4 unspecified atom stereocenters. The molecule has 12 heteroatoms. The summed E-state index contributed by atoms with van der Waals surface area (Å²) in [5, 5.41) is 44.8. The molecule has 0 aromatic heterocycles. The molecule has 2 aromatic rings. The predicted octanol–water partition coefficient (Wildman–Crippen LogP) is 1.91. The zero-order chi connectivity index (χ0) is 30.7. The first kappa shape index (κ1) is 30.2. The molecule has 1 saturated heterocycles. The lowest BCUT2D eigenvalue weighted by Gasteiger charge is -2.42. The number of hydrogen-bond donors (Lipinski definition) is 5. The molecular formula is C30H33NO10S. The van der Waals surface area contributed by atoms with E-state index in [2.05, 4.69) is 0 Å². The van der Waals surface area contributed by atoms with Crippen LogP contribution in [-0.4, -0.2) is 79.4 Å². The molecule has 1 heterocycles. The van der Waals surface area contributed by atoms with Gasteiger partial charge in [0.2, 0.25) is 5.78 Å². The largest absolute Gasteiger partial charge is 0.507 e. The van der Waals surface area contributed by atoms with E-state index in [9.17, 15) is 34.8 Å². The first-order chi connectivity index (χ1) is 19.8. The van der Waals surface area contributed by atoms with E-state index < -0.39 is 59.3 Å². The number of carbonyl (C=O) groups is 3. The number of hydrogen-bond acceptors (Lipinski definition) is 12. The van der Waals surface area contributed by atoms with Crippen molar-refractivity contribution in [2.24, 2.45) is 5.73 Å². The van der Waals surface area contributed by atoms with Gasteiger partial charge in [-0.3, -0.25) is 14.4 Å². The summed E-state index contributed by atoms with van der Waals surface area (Å²) < 4.78 is 17.6. The topological polar surface area (TPSA) is 186 Å². The zero-order valence-electron chi connectivity index (χ0n) is 23.4. The van der Waals surface area contributed by atoms with Gasteiger partial charge in [0.25, 0.3) is 0 Å². The molecule has 5 rings (SSSR count). The smallest absolute Gasteiger partial charge is 0.201 e. The van der Waals surface area contributed by atoms with Crippen LogP contribution in [0.2, 0.25) is 0 Å². The molecule has 11 nitrogen and oxygen atoms in total. The number of Topliss-reactive ketones (excluding diaryl/α,β-unsaturated/α-hetero) is 2. The van der Waals surface area contributed by atoms with Crippen LogP contribution < -0.4 is 10.5 Å². The second kappa shape index (κ2) is 11.1. The third kappa shape index (κ3) is 4.91. The number of nitrogens with two attached hydrogens (primary N) is 1. The SMILES string of the molecule is CCC(=O)COc1cccc2c1C(=O)c1c(O)c3c(c(O)c1C2=S)C[C@@](O)(C(C)=O)C[C@@H]3OC1CC(N)C(O)C(C)O1. The average molecular weight is 600 g/mol. The summed E-state index contributed by atoms with van der Waals surface area (Å²) in [5.74, 6) is -2.36. The van der Waals surface area contributed by atoms with Gasteiger partial charge in [0, 0.05) is 48.4 Å². The van der Waals surface area contributed by atoms with Crippen LogP contribution in [0.3, 0.4) is 0 Å². The summed E-state index contributed by atoms with van der Waals surface area (Å²) in [7, 11) is 0. The predicted molar refractivity (Wildman–Crippen MR) is 152 cm³/mol. The van der Waals surface area contributed by atoms with E-state index >= 15 is 0 Å². The Kier molecular flexibility index (Phi) is 7.98. The molecule has 3 aliphatic rings. The van der Waals surface area contributed by atoms with Crippen molar-refractivity contribution in [1.82, 2.24) is 0 Å². The van der Waals surface area contributed by atoms with E-state index in [4.69, 9.17) is 32.2 Å². The quantitative estimate of drug-likeness (QED) is 0.197. The number of fused-ring (bicyclic) bond motifs is 3. The van der Waals surface area contributed by atoms with Gasteiger partial charge in [-0.15, -0.1) is 0 Å². The molecule has 0 spiro atoms. The lowest BCUT2D eigenvalue weighted by Crippen LogP contribution is -2.52. The van der Waals surface area contributed by atoms with Crippen LogP contribution in [0.1, 0.15) is 84.3 Å². The maximum absolute atomic E-state index is 14.0. The van der Waals surface area contributed by atoms with Crippen molar-refractivity contribution in [2.75, 3.05) is 6.61 Å². The third-order valence-corrected chi connectivity index (χ3v) is 8.79. The van der Waals surface area contributed by atoms with Gasteiger partial charge in [-0.2, -0.15) is 0 Å². The fourth-order valence-corrected chi connectivity index (χ4v) is 6.24. The number of aromatic hydroxyl groups is 2. The van der Waals surface area contributed by atoms with E-state index in [1.54, 1.807) is 26.0 Å². The Hall–Kier alpha value is -3.26. The molecule has 42 heavy (non-hydrogen) atoms. The molecule has 2 aromatic carbocycles. The fourth-order valence-electron chi connectivity index (χ4n) is 5.87. The van der Waals surface area contributed by atoms with Crippen LogP contribution in [0.4, 0.5) is 0 Å². The van der Waals surface area contributed by atoms with E-state index in [0.717, 1.165) is 0 Å². The molecule has 0 amide bonds. The van der Waals surface area contributed by atoms with Gasteiger partial charge in [0.15, 0.2) is 17.9 Å². The Balaban J connectivity index is 1.64. The highest BCUT2D eigenvalue weighted by molar-refractivity contribution is 7.81. The number of aliphatic hydroxyl groups excluding tert-OH is 1. The average Bonchev–Trinajstić information content (AvgIpc) is 2.94. The minimum Gasteiger partial charge on any atom is -0.507 e. The number of phenols is 2. The van der Waals surface area contributed by atoms with Crippen molar-refractivity contribution in [1.29, 1.82) is 0 Å². The summed E-state index contributed by atoms with van der Waals surface area (Å²) in [6.45, 7) is 4.24. The second-order valence-electron chi connectivity index (χ2n) is 11.1. The van der Waals surface area contributed by atoms with E-state index in [1.807, 2.05) is 0 Å². The number of aliphatic hydroxyl groups is 2. The van der Waals surface area contributed by atoms with Crippen LogP contribution in [0.25, 0.3) is 0 Å². The van der Waals surface area contributed by atoms with Crippen LogP contribution in [0.5, 0.6) is 17.2 Å². The maximum atomic E-state index is 14.0. The van der Waals surface area contributed by atoms with E-state index in [1.165, 1.54) is 13.0 Å². The van der Waals surface area contributed by atoms with E-state index in [0.29, 0.717) is 0 Å². The van der Waals surface area contributed by atoms with Crippen LogP contribution in [0, 0.1) is 0 Å². The van der Waals surface area contributed by atoms with E-state index in [-0.39, 0.29) is 82.1 Å². The van der Waals surface area contributed by atoms with Crippen molar-refractivity contribution in [3.8, 4) is 17.2 Å². The first-order valence-corrected chi connectivity index (χ1v) is 14.1. The van der Waals surface area contributed by atoms with Crippen molar-refractivity contribution < 1.29 is 49.0 Å². The van der Waals surface area contributed by atoms with Crippen LogP contribution >= 0.6 is 12.2 Å². The summed E-state index contributed by atoms with van der Waals surface area (Å²) in [6, 6.07) is 3.99. The van der Waals surface area contributed by atoms with Gasteiger partial charge in [0.1, 0.15) is 29.5 Å². The lowest BCUT2D eigenvalue weighted by atomic mass is 9.72. The minimum absolute atomic E-state index is 0.00674. The number of carbonyl (C=O) groups excluding carboxylic acids is 3. The summed E-state index contributed by atoms with van der Waals surface area (Å²) in [4.78, 5) is 38.5. The maximum Gasteiger partial charge on any atom is 0.201 e. The van der Waals surface area contributed by atoms with Crippen molar-refractivity contribution in [2.45, 2.75) is 82.7 Å². The Labute approximate surface area is 247 Å². The Morgan fingerprint density at radius 1 is 1.19 bits per heavy atom.